The van der Waals surface area contributed by atoms with E-state index in [9.17, 15) is 0 Å². The van der Waals surface area contributed by atoms with Crippen LogP contribution < -0.4 is 0 Å². The predicted octanol–water partition coefficient (Wildman–Crippen LogP) is 3.12. The van der Waals surface area contributed by atoms with Crippen LogP contribution in [0.4, 0.5) is 0 Å². The summed E-state index contributed by atoms with van der Waals surface area (Å²) in [5.41, 5.74) is 6.80. The lowest BCUT2D eigenvalue weighted by Gasteiger charge is -2.07. The fraction of sp³-hybridized carbons (Fsp3) is 0.176. The van der Waals surface area contributed by atoms with Gasteiger partial charge in [-0.2, -0.15) is 0 Å². The highest BCUT2D eigenvalue weighted by Gasteiger charge is 2.25. The minimum absolute atomic E-state index is 0.574. The summed E-state index contributed by atoms with van der Waals surface area (Å²) < 4.78 is 7.28. The van der Waals surface area contributed by atoms with Gasteiger partial charge in [0.25, 0.3) is 0 Å². The molecule has 0 amide bonds. The van der Waals surface area contributed by atoms with Gasteiger partial charge in [-0.05, 0) is 11.1 Å². The van der Waals surface area contributed by atoms with Crippen molar-refractivity contribution in [3.8, 4) is 22.5 Å². The Labute approximate surface area is 123 Å². The van der Waals surface area contributed by atoms with E-state index in [2.05, 4.69) is 46.7 Å². The van der Waals surface area contributed by atoms with Gasteiger partial charge in [0, 0.05) is 18.2 Å². The number of ether oxygens (including phenoxy) is 1. The van der Waals surface area contributed by atoms with Gasteiger partial charge >= 0.3 is 0 Å². The molecule has 2 aromatic carbocycles. The summed E-state index contributed by atoms with van der Waals surface area (Å²) in [6.07, 6.45) is 0. The summed E-state index contributed by atoms with van der Waals surface area (Å²) in [6.45, 7) is 1.37. The first-order valence-corrected chi connectivity index (χ1v) is 6.97. The van der Waals surface area contributed by atoms with Crippen molar-refractivity contribution in [2.75, 3.05) is 7.11 Å². The first kappa shape index (κ1) is 12.3. The number of hydrogen-bond acceptors (Lipinski definition) is 3. The van der Waals surface area contributed by atoms with Crippen LogP contribution in [-0.2, 0) is 17.9 Å². The van der Waals surface area contributed by atoms with E-state index in [4.69, 9.17) is 4.74 Å². The number of fused-ring (bicyclic) bond motifs is 3. The highest BCUT2D eigenvalue weighted by molar-refractivity contribution is 5.82. The zero-order valence-electron chi connectivity index (χ0n) is 11.8. The lowest BCUT2D eigenvalue weighted by molar-refractivity contribution is 0.185. The van der Waals surface area contributed by atoms with Gasteiger partial charge in [0.2, 0.25) is 0 Å². The number of rotatable bonds is 3. The molecule has 4 nitrogen and oxygen atoms in total. The molecule has 1 aromatic heterocycles. The number of benzene rings is 2. The highest BCUT2D eigenvalue weighted by Crippen LogP contribution is 2.38. The van der Waals surface area contributed by atoms with Crippen LogP contribution in [0.25, 0.3) is 22.5 Å². The minimum atomic E-state index is 0.574. The van der Waals surface area contributed by atoms with Gasteiger partial charge < -0.3 is 4.74 Å². The molecular formula is C17H15N3O. The Bertz CT molecular complexity index is 807. The summed E-state index contributed by atoms with van der Waals surface area (Å²) in [4.78, 5) is 0. The number of hydrogen-bond donors (Lipinski definition) is 0. The van der Waals surface area contributed by atoms with Crippen molar-refractivity contribution in [1.29, 1.82) is 0 Å². The van der Waals surface area contributed by atoms with E-state index in [1.165, 1.54) is 11.1 Å². The average molecular weight is 277 g/mol. The van der Waals surface area contributed by atoms with Crippen molar-refractivity contribution in [2.24, 2.45) is 0 Å². The molecule has 0 saturated heterocycles. The van der Waals surface area contributed by atoms with E-state index >= 15 is 0 Å². The number of nitrogens with zero attached hydrogens (tertiary/aromatic N) is 3. The van der Waals surface area contributed by atoms with Crippen LogP contribution in [0.15, 0.2) is 48.5 Å². The van der Waals surface area contributed by atoms with Crippen molar-refractivity contribution in [1.82, 2.24) is 15.0 Å². The van der Waals surface area contributed by atoms with Crippen LogP contribution in [0.1, 0.15) is 11.1 Å². The zero-order valence-corrected chi connectivity index (χ0v) is 11.8. The summed E-state index contributed by atoms with van der Waals surface area (Å²) >= 11 is 0. The van der Waals surface area contributed by atoms with E-state index in [-0.39, 0.29) is 0 Å². The molecule has 104 valence electrons. The largest absolute Gasteiger partial charge is 0.380 e. The third-order valence-electron chi connectivity index (χ3n) is 3.90. The van der Waals surface area contributed by atoms with Gasteiger partial charge in [0.05, 0.1) is 18.8 Å². The molecule has 0 unspecified atom stereocenters. The quantitative estimate of drug-likeness (QED) is 0.577. The molecule has 1 aliphatic rings. The van der Waals surface area contributed by atoms with Crippen LogP contribution in [0, 0.1) is 0 Å². The van der Waals surface area contributed by atoms with Crippen molar-refractivity contribution < 1.29 is 4.74 Å². The maximum atomic E-state index is 5.30. The molecule has 4 rings (SSSR count). The Morgan fingerprint density at radius 2 is 1.81 bits per heavy atom. The number of aromatic nitrogens is 3. The molecule has 0 atom stereocenters. The molecular weight excluding hydrogens is 262 g/mol. The highest BCUT2D eigenvalue weighted by atomic mass is 16.5. The third kappa shape index (κ3) is 1.87. The second-order valence-electron chi connectivity index (χ2n) is 5.19. The van der Waals surface area contributed by atoms with Crippen molar-refractivity contribution in [3.63, 3.8) is 0 Å². The van der Waals surface area contributed by atoms with E-state index < -0.39 is 0 Å². The van der Waals surface area contributed by atoms with Crippen LogP contribution >= 0.6 is 0 Å². The minimum Gasteiger partial charge on any atom is -0.380 e. The molecule has 2 heterocycles. The molecule has 0 bridgehead atoms. The zero-order chi connectivity index (χ0) is 14.2. The third-order valence-corrected chi connectivity index (χ3v) is 3.90. The van der Waals surface area contributed by atoms with Crippen molar-refractivity contribution in [2.45, 2.75) is 13.2 Å². The Kier molecular flexibility index (Phi) is 2.82. The molecule has 0 spiro atoms. The Morgan fingerprint density at radius 3 is 2.67 bits per heavy atom. The molecule has 21 heavy (non-hydrogen) atoms. The molecule has 3 aromatic rings. The fourth-order valence-electron chi connectivity index (χ4n) is 2.95. The summed E-state index contributed by atoms with van der Waals surface area (Å²) in [5.74, 6) is 0. The van der Waals surface area contributed by atoms with Crippen LogP contribution in [0.3, 0.4) is 0 Å². The Hall–Kier alpha value is -2.46. The predicted molar refractivity (Wildman–Crippen MR) is 80.7 cm³/mol. The topological polar surface area (TPSA) is 39.9 Å². The lowest BCUT2D eigenvalue weighted by atomic mass is 10.00. The maximum absolute atomic E-state index is 5.30. The van der Waals surface area contributed by atoms with Gasteiger partial charge in [-0.1, -0.05) is 53.7 Å². The molecule has 0 saturated carbocycles. The Balaban J connectivity index is 1.91. The SMILES string of the molecule is COCc1ccccc1-c1nnn2c1-c1ccccc1C2. The molecule has 0 radical (unpaired) electrons. The van der Waals surface area contributed by atoms with Gasteiger partial charge in [-0.3, -0.25) is 0 Å². The summed E-state index contributed by atoms with van der Waals surface area (Å²) in [5, 5.41) is 8.72. The molecule has 0 N–H and O–H groups in total. The van der Waals surface area contributed by atoms with Crippen molar-refractivity contribution in [3.05, 3.63) is 59.7 Å². The van der Waals surface area contributed by atoms with Gasteiger partial charge in [0.15, 0.2) is 0 Å². The normalized spacial score (nSPS) is 12.2. The smallest absolute Gasteiger partial charge is 0.121 e. The molecule has 0 fully saturated rings. The van der Waals surface area contributed by atoms with Crippen molar-refractivity contribution >= 4 is 0 Å². The van der Waals surface area contributed by atoms with Crippen LogP contribution in [0.2, 0.25) is 0 Å². The molecule has 4 heteroatoms. The second kappa shape index (κ2) is 4.82. The van der Waals surface area contributed by atoms with E-state index in [0.29, 0.717) is 6.61 Å². The molecule has 1 aliphatic heterocycles. The summed E-state index contributed by atoms with van der Waals surface area (Å²) in [7, 11) is 1.71. The van der Waals surface area contributed by atoms with Crippen LogP contribution in [-0.4, -0.2) is 22.1 Å². The van der Waals surface area contributed by atoms with Crippen LogP contribution in [0.5, 0.6) is 0 Å². The van der Waals surface area contributed by atoms with Gasteiger partial charge in [0.1, 0.15) is 5.69 Å². The first-order valence-electron chi connectivity index (χ1n) is 6.97. The monoisotopic (exact) mass is 277 g/mol. The van der Waals surface area contributed by atoms with E-state index in [1.54, 1.807) is 7.11 Å². The van der Waals surface area contributed by atoms with Gasteiger partial charge in [-0.15, -0.1) is 5.10 Å². The number of methoxy groups -OCH3 is 1. The standard InChI is InChI=1S/C17H15N3O/c1-21-11-13-7-3-4-8-14(13)16-17-15-9-5-2-6-12(15)10-20(17)19-18-16/h2-9H,10-11H2,1H3. The first-order chi connectivity index (χ1) is 10.4. The maximum Gasteiger partial charge on any atom is 0.121 e. The van der Waals surface area contributed by atoms with E-state index in [0.717, 1.165) is 29.1 Å². The molecule has 0 aliphatic carbocycles. The second-order valence-corrected chi connectivity index (χ2v) is 5.19. The lowest BCUT2D eigenvalue weighted by Crippen LogP contribution is -1.94. The summed E-state index contributed by atoms with van der Waals surface area (Å²) in [6, 6.07) is 16.6. The van der Waals surface area contributed by atoms with E-state index in [1.807, 2.05) is 16.8 Å². The Morgan fingerprint density at radius 1 is 1.05 bits per heavy atom. The average Bonchev–Trinajstić information content (AvgIpc) is 3.07. The van der Waals surface area contributed by atoms with Gasteiger partial charge in [-0.25, -0.2) is 4.68 Å². The fourth-order valence-corrected chi connectivity index (χ4v) is 2.95.